The molecule has 1 amide bonds. The van der Waals surface area contributed by atoms with E-state index in [1.807, 2.05) is 6.92 Å². The molecule has 0 radical (unpaired) electrons. The van der Waals surface area contributed by atoms with Crippen molar-refractivity contribution in [1.82, 2.24) is 4.72 Å². The maximum Gasteiger partial charge on any atom is 0.255 e. The number of anilines is 1. The van der Waals surface area contributed by atoms with E-state index in [0.29, 0.717) is 10.7 Å². The van der Waals surface area contributed by atoms with E-state index in [2.05, 4.69) is 17.0 Å². The van der Waals surface area contributed by atoms with Gasteiger partial charge in [-0.3, -0.25) is 4.79 Å². The summed E-state index contributed by atoms with van der Waals surface area (Å²) >= 11 is 5.96. The average molecular weight is 451 g/mol. The first-order valence-electron chi connectivity index (χ1n) is 9.99. The zero-order chi connectivity index (χ0) is 21.9. The van der Waals surface area contributed by atoms with Gasteiger partial charge in [-0.25, -0.2) is 13.1 Å². The third-order valence-corrected chi connectivity index (χ3v) is 7.32. The lowest BCUT2D eigenvalue weighted by Gasteiger charge is -2.29. The monoisotopic (exact) mass is 450 g/mol. The third kappa shape index (κ3) is 5.14. The molecule has 0 aromatic heterocycles. The van der Waals surface area contributed by atoms with Gasteiger partial charge >= 0.3 is 0 Å². The molecule has 0 aliphatic heterocycles. The first-order valence-corrected chi connectivity index (χ1v) is 11.9. The highest BCUT2D eigenvalue weighted by Crippen LogP contribution is 2.29. The van der Waals surface area contributed by atoms with Crippen molar-refractivity contribution in [2.75, 3.05) is 12.4 Å². The standard InChI is InChI=1S/C22H27ClN2O4S/c1-14-6-4-5-7-19(14)25-30(27,28)21-13-16(8-11-20(21)29-3)22(26)24-18-10-9-17(23)12-15(18)2/h8-14,19,25H,4-7H2,1-3H3,(H,24,26). The zero-order valence-electron chi connectivity index (χ0n) is 17.4. The molecule has 2 unspecified atom stereocenters. The van der Waals surface area contributed by atoms with E-state index in [1.165, 1.54) is 19.2 Å². The molecule has 3 rings (SSSR count). The molecular weight excluding hydrogens is 424 g/mol. The lowest BCUT2D eigenvalue weighted by Crippen LogP contribution is -2.41. The Hall–Kier alpha value is -2.09. The molecular formula is C22H27ClN2O4S. The fraction of sp³-hybridized carbons (Fsp3) is 0.409. The summed E-state index contributed by atoms with van der Waals surface area (Å²) in [6.45, 7) is 3.89. The van der Waals surface area contributed by atoms with Gasteiger partial charge < -0.3 is 10.1 Å². The molecule has 2 N–H and O–H groups in total. The van der Waals surface area contributed by atoms with Crippen LogP contribution >= 0.6 is 11.6 Å². The van der Waals surface area contributed by atoms with E-state index in [1.54, 1.807) is 24.3 Å². The number of carbonyl (C=O) groups is 1. The maximum absolute atomic E-state index is 13.1. The summed E-state index contributed by atoms with van der Waals surface area (Å²) in [5, 5.41) is 3.38. The Morgan fingerprint density at radius 2 is 1.87 bits per heavy atom. The van der Waals surface area contributed by atoms with Crippen LogP contribution < -0.4 is 14.8 Å². The molecule has 1 fully saturated rings. The number of aryl methyl sites for hydroxylation is 1. The number of methoxy groups -OCH3 is 1. The summed E-state index contributed by atoms with van der Waals surface area (Å²) in [6, 6.07) is 9.42. The highest BCUT2D eigenvalue weighted by atomic mass is 35.5. The van der Waals surface area contributed by atoms with Gasteiger partial charge in [0.2, 0.25) is 10.0 Å². The number of halogens is 1. The normalized spacial score (nSPS) is 19.3. The van der Waals surface area contributed by atoms with Crippen LogP contribution in [0.4, 0.5) is 5.69 Å². The minimum atomic E-state index is -3.85. The number of rotatable bonds is 6. The van der Waals surface area contributed by atoms with Gasteiger partial charge in [0.25, 0.3) is 5.91 Å². The van der Waals surface area contributed by atoms with Crippen LogP contribution in [0.1, 0.15) is 48.5 Å². The van der Waals surface area contributed by atoms with Crippen molar-refractivity contribution in [2.45, 2.75) is 50.5 Å². The Balaban J connectivity index is 1.88. The number of amides is 1. The summed E-state index contributed by atoms with van der Waals surface area (Å²) in [5.74, 6) is 0.0506. The van der Waals surface area contributed by atoms with Crippen LogP contribution in [-0.4, -0.2) is 27.5 Å². The molecule has 2 atom stereocenters. The summed E-state index contributed by atoms with van der Waals surface area (Å²) in [6.07, 6.45) is 3.91. The largest absolute Gasteiger partial charge is 0.495 e. The molecule has 0 bridgehead atoms. The van der Waals surface area contributed by atoms with Gasteiger partial charge in [0.05, 0.1) is 7.11 Å². The van der Waals surface area contributed by atoms with Crippen LogP contribution in [0.3, 0.4) is 0 Å². The maximum atomic E-state index is 13.1. The molecule has 6 nitrogen and oxygen atoms in total. The first-order chi connectivity index (χ1) is 14.2. The lowest BCUT2D eigenvalue weighted by molar-refractivity contribution is 0.102. The van der Waals surface area contributed by atoms with Crippen LogP contribution in [-0.2, 0) is 10.0 Å². The second-order valence-corrected chi connectivity index (χ2v) is 9.89. The Labute approximate surface area is 183 Å². The van der Waals surface area contributed by atoms with E-state index in [9.17, 15) is 13.2 Å². The first kappa shape index (κ1) is 22.6. The average Bonchev–Trinajstić information content (AvgIpc) is 2.71. The Morgan fingerprint density at radius 3 is 2.53 bits per heavy atom. The van der Waals surface area contributed by atoms with Gasteiger partial charge in [0.15, 0.2) is 0 Å². The summed E-state index contributed by atoms with van der Waals surface area (Å²) < 4.78 is 34.3. The van der Waals surface area contributed by atoms with Gasteiger partial charge in [0, 0.05) is 22.3 Å². The van der Waals surface area contributed by atoms with Crippen molar-refractivity contribution >= 4 is 33.2 Å². The molecule has 0 heterocycles. The number of hydrogen-bond donors (Lipinski definition) is 2. The number of benzene rings is 2. The van der Waals surface area contributed by atoms with E-state index in [-0.39, 0.29) is 28.2 Å². The number of nitrogens with one attached hydrogen (secondary N) is 2. The Morgan fingerprint density at radius 1 is 1.13 bits per heavy atom. The lowest BCUT2D eigenvalue weighted by atomic mass is 9.87. The minimum Gasteiger partial charge on any atom is -0.495 e. The van der Waals surface area contributed by atoms with E-state index in [0.717, 1.165) is 31.2 Å². The quantitative estimate of drug-likeness (QED) is 0.664. The molecule has 0 spiro atoms. The van der Waals surface area contributed by atoms with E-state index >= 15 is 0 Å². The van der Waals surface area contributed by atoms with Crippen molar-refractivity contribution in [3.05, 3.63) is 52.5 Å². The van der Waals surface area contributed by atoms with Gasteiger partial charge in [-0.2, -0.15) is 0 Å². The minimum absolute atomic E-state index is 0.0387. The fourth-order valence-electron chi connectivity index (χ4n) is 3.74. The second-order valence-electron chi connectivity index (χ2n) is 7.77. The Bertz CT molecular complexity index is 1040. The van der Waals surface area contributed by atoms with Crippen molar-refractivity contribution in [3.63, 3.8) is 0 Å². The fourth-order valence-corrected chi connectivity index (χ4v) is 5.54. The smallest absolute Gasteiger partial charge is 0.255 e. The third-order valence-electron chi connectivity index (χ3n) is 5.57. The molecule has 2 aromatic rings. The van der Waals surface area contributed by atoms with Crippen LogP contribution in [0.5, 0.6) is 5.75 Å². The van der Waals surface area contributed by atoms with Crippen molar-refractivity contribution < 1.29 is 17.9 Å². The molecule has 30 heavy (non-hydrogen) atoms. The predicted octanol–water partition coefficient (Wildman–Crippen LogP) is 4.77. The molecule has 1 saturated carbocycles. The SMILES string of the molecule is COc1ccc(C(=O)Nc2ccc(Cl)cc2C)cc1S(=O)(=O)NC1CCCCC1C. The molecule has 0 saturated heterocycles. The summed E-state index contributed by atoms with van der Waals surface area (Å²) in [4.78, 5) is 12.7. The van der Waals surface area contributed by atoms with Crippen molar-refractivity contribution in [1.29, 1.82) is 0 Å². The number of ether oxygens (including phenoxy) is 1. The van der Waals surface area contributed by atoms with Crippen LogP contribution in [0.15, 0.2) is 41.3 Å². The number of sulfonamides is 1. The van der Waals surface area contributed by atoms with E-state index in [4.69, 9.17) is 16.3 Å². The second kappa shape index (κ2) is 9.37. The van der Waals surface area contributed by atoms with Crippen LogP contribution in [0.25, 0.3) is 0 Å². The van der Waals surface area contributed by atoms with Gasteiger partial charge in [-0.05, 0) is 67.6 Å². The molecule has 1 aliphatic rings. The van der Waals surface area contributed by atoms with Crippen molar-refractivity contribution in [3.8, 4) is 5.75 Å². The summed E-state index contributed by atoms with van der Waals surface area (Å²) in [5.41, 5.74) is 1.64. The zero-order valence-corrected chi connectivity index (χ0v) is 18.9. The van der Waals surface area contributed by atoms with Crippen LogP contribution in [0, 0.1) is 12.8 Å². The molecule has 8 heteroatoms. The highest BCUT2D eigenvalue weighted by Gasteiger charge is 2.29. The number of hydrogen-bond acceptors (Lipinski definition) is 4. The molecule has 1 aliphatic carbocycles. The Kier molecular flexibility index (Phi) is 7.06. The topological polar surface area (TPSA) is 84.5 Å². The van der Waals surface area contributed by atoms with E-state index < -0.39 is 15.9 Å². The molecule has 162 valence electrons. The summed E-state index contributed by atoms with van der Waals surface area (Å²) in [7, 11) is -2.44. The van der Waals surface area contributed by atoms with Gasteiger partial charge in [-0.1, -0.05) is 31.4 Å². The van der Waals surface area contributed by atoms with Gasteiger partial charge in [-0.15, -0.1) is 0 Å². The van der Waals surface area contributed by atoms with Crippen molar-refractivity contribution in [2.24, 2.45) is 5.92 Å². The highest BCUT2D eigenvalue weighted by molar-refractivity contribution is 7.89. The van der Waals surface area contributed by atoms with Gasteiger partial charge in [0.1, 0.15) is 10.6 Å². The van der Waals surface area contributed by atoms with Crippen LogP contribution in [0.2, 0.25) is 5.02 Å². The predicted molar refractivity (Wildman–Crippen MR) is 119 cm³/mol. The molecule has 2 aromatic carbocycles. The number of carbonyl (C=O) groups excluding carboxylic acids is 1.